The van der Waals surface area contributed by atoms with Crippen LogP contribution in [0.3, 0.4) is 0 Å². The van der Waals surface area contributed by atoms with Crippen LogP contribution in [-0.4, -0.2) is 26.2 Å². The van der Waals surface area contributed by atoms with Crippen molar-refractivity contribution in [3.63, 3.8) is 0 Å². The maximum atomic E-state index is 12.3. The highest BCUT2D eigenvalue weighted by Gasteiger charge is 2.11. The molecule has 144 valence electrons. The number of benzene rings is 2. The fourth-order valence-electron chi connectivity index (χ4n) is 2.92. The number of amides is 2. The highest BCUT2D eigenvalue weighted by molar-refractivity contribution is 6.03. The Morgan fingerprint density at radius 3 is 2.54 bits per heavy atom. The van der Waals surface area contributed by atoms with Gasteiger partial charge in [0.05, 0.1) is 7.11 Å². The number of ether oxygens (including phenoxy) is 1. The monoisotopic (exact) mass is 378 g/mol. The summed E-state index contributed by atoms with van der Waals surface area (Å²) in [5.74, 6) is 0.599. The standard InChI is InChI=1S/C22H22N2O4/c1-4-19-18(17-7-5-6-8-20(17)28-19)13-14-21(25)23-15-9-11-16(12-10-15)24(2)22(26)27-3/h5-14H,4H2,1-3H3,(H,23,25). The first kappa shape index (κ1) is 19.2. The van der Waals surface area contributed by atoms with Gasteiger partial charge in [0.1, 0.15) is 11.3 Å². The zero-order valence-corrected chi connectivity index (χ0v) is 16.1. The highest BCUT2D eigenvalue weighted by Crippen LogP contribution is 2.27. The normalized spacial score (nSPS) is 11.0. The summed E-state index contributed by atoms with van der Waals surface area (Å²) in [7, 11) is 2.94. The topological polar surface area (TPSA) is 71.8 Å². The maximum Gasteiger partial charge on any atom is 0.413 e. The molecule has 0 atom stereocenters. The predicted octanol–water partition coefficient (Wildman–Crippen LogP) is 4.85. The quantitative estimate of drug-likeness (QED) is 0.644. The second-order valence-corrected chi connectivity index (χ2v) is 6.19. The van der Waals surface area contributed by atoms with Gasteiger partial charge in [-0.2, -0.15) is 0 Å². The van der Waals surface area contributed by atoms with E-state index in [9.17, 15) is 9.59 Å². The Labute approximate surface area is 163 Å². The minimum atomic E-state index is -0.459. The third kappa shape index (κ3) is 4.06. The number of fused-ring (bicyclic) bond motifs is 1. The minimum absolute atomic E-state index is 0.249. The Morgan fingerprint density at radius 2 is 1.86 bits per heavy atom. The largest absolute Gasteiger partial charge is 0.460 e. The fraction of sp³-hybridized carbons (Fsp3) is 0.182. The van der Waals surface area contributed by atoms with Gasteiger partial charge in [0.2, 0.25) is 5.91 Å². The predicted molar refractivity (Wildman–Crippen MR) is 111 cm³/mol. The Morgan fingerprint density at radius 1 is 1.14 bits per heavy atom. The number of methoxy groups -OCH3 is 1. The van der Waals surface area contributed by atoms with Gasteiger partial charge < -0.3 is 14.5 Å². The molecule has 0 saturated heterocycles. The number of hydrogen-bond acceptors (Lipinski definition) is 4. The third-order valence-electron chi connectivity index (χ3n) is 4.40. The molecule has 28 heavy (non-hydrogen) atoms. The van der Waals surface area contributed by atoms with Crippen LogP contribution in [0.4, 0.5) is 16.2 Å². The molecule has 3 rings (SSSR count). The molecule has 6 nitrogen and oxygen atoms in total. The average molecular weight is 378 g/mol. The number of para-hydroxylation sites is 1. The van der Waals surface area contributed by atoms with E-state index < -0.39 is 6.09 Å². The van der Waals surface area contributed by atoms with E-state index in [1.807, 2.05) is 31.2 Å². The Kier molecular flexibility index (Phi) is 5.79. The van der Waals surface area contributed by atoms with E-state index >= 15 is 0 Å². The van der Waals surface area contributed by atoms with Crippen molar-refractivity contribution in [2.45, 2.75) is 13.3 Å². The van der Waals surface area contributed by atoms with Crippen LogP contribution in [0.25, 0.3) is 17.0 Å². The van der Waals surface area contributed by atoms with Crippen LogP contribution in [0.5, 0.6) is 0 Å². The summed E-state index contributed by atoms with van der Waals surface area (Å²) in [6, 6.07) is 14.7. The number of nitrogens with one attached hydrogen (secondary N) is 1. The lowest BCUT2D eigenvalue weighted by Gasteiger charge is -2.15. The number of carbonyl (C=O) groups excluding carboxylic acids is 2. The molecule has 0 radical (unpaired) electrons. The molecule has 0 aliphatic carbocycles. The van der Waals surface area contributed by atoms with E-state index in [1.54, 1.807) is 37.4 Å². The molecule has 0 bridgehead atoms. The number of aryl methyl sites for hydroxylation is 1. The van der Waals surface area contributed by atoms with Crippen LogP contribution >= 0.6 is 0 Å². The van der Waals surface area contributed by atoms with Crippen LogP contribution in [-0.2, 0) is 16.0 Å². The first-order valence-electron chi connectivity index (χ1n) is 8.94. The van der Waals surface area contributed by atoms with Crippen molar-refractivity contribution in [2.75, 3.05) is 24.4 Å². The fourth-order valence-corrected chi connectivity index (χ4v) is 2.92. The van der Waals surface area contributed by atoms with Gasteiger partial charge in [-0.3, -0.25) is 9.69 Å². The molecule has 6 heteroatoms. The molecule has 3 aromatic rings. The molecule has 1 N–H and O–H groups in total. The van der Waals surface area contributed by atoms with Gasteiger partial charge >= 0.3 is 6.09 Å². The van der Waals surface area contributed by atoms with Crippen molar-refractivity contribution in [2.24, 2.45) is 0 Å². The lowest BCUT2D eigenvalue weighted by molar-refractivity contribution is -0.111. The minimum Gasteiger partial charge on any atom is -0.460 e. The maximum absolute atomic E-state index is 12.3. The zero-order valence-electron chi connectivity index (χ0n) is 16.1. The van der Waals surface area contributed by atoms with E-state index in [0.717, 1.165) is 28.7 Å². The number of furan rings is 1. The molecule has 0 aliphatic heterocycles. The molecule has 2 amide bonds. The smallest absolute Gasteiger partial charge is 0.413 e. The molecule has 0 unspecified atom stereocenters. The zero-order chi connectivity index (χ0) is 20.1. The van der Waals surface area contributed by atoms with Gasteiger partial charge in [-0.1, -0.05) is 25.1 Å². The van der Waals surface area contributed by atoms with Crippen molar-refractivity contribution >= 4 is 40.4 Å². The van der Waals surface area contributed by atoms with Crippen LogP contribution < -0.4 is 10.2 Å². The van der Waals surface area contributed by atoms with Gasteiger partial charge in [-0.25, -0.2) is 4.79 Å². The van der Waals surface area contributed by atoms with Gasteiger partial charge in [-0.05, 0) is 36.4 Å². The van der Waals surface area contributed by atoms with E-state index in [4.69, 9.17) is 4.42 Å². The summed E-state index contributed by atoms with van der Waals surface area (Å²) in [4.78, 5) is 25.2. The van der Waals surface area contributed by atoms with Crippen molar-refractivity contribution in [1.29, 1.82) is 0 Å². The van der Waals surface area contributed by atoms with E-state index in [0.29, 0.717) is 11.4 Å². The average Bonchev–Trinajstić information content (AvgIpc) is 3.09. The summed E-state index contributed by atoms with van der Waals surface area (Å²) in [6.45, 7) is 2.02. The number of carbonyl (C=O) groups is 2. The molecular formula is C22H22N2O4. The van der Waals surface area contributed by atoms with Gasteiger partial charge in [0, 0.05) is 41.9 Å². The van der Waals surface area contributed by atoms with Crippen molar-refractivity contribution in [1.82, 2.24) is 0 Å². The molecule has 0 aliphatic rings. The first-order valence-corrected chi connectivity index (χ1v) is 8.94. The van der Waals surface area contributed by atoms with Crippen LogP contribution in [0, 0.1) is 0 Å². The molecule has 1 heterocycles. The Balaban J connectivity index is 1.72. The number of hydrogen-bond donors (Lipinski definition) is 1. The van der Waals surface area contributed by atoms with Gasteiger partial charge in [0.15, 0.2) is 0 Å². The second kappa shape index (κ2) is 8.43. The van der Waals surface area contributed by atoms with Crippen LogP contribution in [0.2, 0.25) is 0 Å². The van der Waals surface area contributed by atoms with E-state index in [1.165, 1.54) is 18.1 Å². The van der Waals surface area contributed by atoms with Gasteiger partial charge in [0.25, 0.3) is 0 Å². The number of anilines is 2. The van der Waals surface area contributed by atoms with Crippen LogP contribution in [0.1, 0.15) is 18.2 Å². The van der Waals surface area contributed by atoms with Gasteiger partial charge in [-0.15, -0.1) is 0 Å². The summed E-state index contributed by atoms with van der Waals surface area (Å²) in [5, 5.41) is 3.79. The second-order valence-electron chi connectivity index (χ2n) is 6.19. The summed E-state index contributed by atoms with van der Waals surface area (Å²) in [5.41, 5.74) is 3.02. The first-order chi connectivity index (χ1) is 13.5. The summed E-state index contributed by atoms with van der Waals surface area (Å²) >= 11 is 0. The van der Waals surface area contributed by atoms with Crippen molar-refractivity contribution in [3.05, 3.63) is 65.9 Å². The SMILES string of the molecule is CCc1oc2ccccc2c1C=CC(=O)Nc1ccc(N(C)C(=O)OC)cc1. The molecule has 2 aromatic carbocycles. The highest BCUT2D eigenvalue weighted by atomic mass is 16.5. The molecule has 1 aromatic heterocycles. The molecular weight excluding hydrogens is 356 g/mol. The van der Waals surface area contributed by atoms with Crippen LogP contribution in [0.15, 0.2) is 59.0 Å². The number of nitrogens with zero attached hydrogens (tertiary/aromatic N) is 1. The number of rotatable bonds is 5. The third-order valence-corrected chi connectivity index (χ3v) is 4.40. The Bertz CT molecular complexity index is 1020. The molecule has 0 saturated carbocycles. The lowest BCUT2D eigenvalue weighted by atomic mass is 10.1. The van der Waals surface area contributed by atoms with E-state index in [2.05, 4.69) is 10.1 Å². The van der Waals surface area contributed by atoms with Crippen molar-refractivity contribution < 1.29 is 18.7 Å². The summed E-state index contributed by atoms with van der Waals surface area (Å²) < 4.78 is 10.5. The molecule has 0 spiro atoms. The Hall–Kier alpha value is -3.54. The summed E-state index contributed by atoms with van der Waals surface area (Å²) in [6.07, 6.45) is 3.55. The molecule has 0 fully saturated rings. The lowest BCUT2D eigenvalue weighted by Crippen LogP contribution is -2.25. The van der Waals surface area contributed by atoms with E-state index in [-0.39, 0.29) is 5.91 Å². The van der Waals surface area contributed by atoms with Crippen molar-refractivity contribution in [3.8, 4) is 0 Å².